The summed E-state index contributed by atoms with van der Waals surface area (Å²) in [5.41, 5.74) is 1.03. The predicted molar refractivity (Wildman–Crippen MR) is 54.0 cm³/mol. The molecule has 0 aliphatic carbocycles. The van der Waals surface area contributed by atoms with Gasteiger partial charge < -0.3 is 10.6 Å². The molecule has 1 rings (SSSR count). The second kappa shape index (κ2) is 6.01. The summed E-state index contributed by atoms with van der Waals surface area (Å²) in [7, 11) is 0. The summed E-state index contributed by atoms with van der Waals surface area (Å²) in [5.74, 6) is 0. The molecule has 5 nitrogen and oxygen atoms in total. The second-order valence-electron chi connectivity index (χ2n) is 3.01. The largest absolute Gasteiger partial charge is 0.338 e. The van der Waals surface area contributed by atoms with Crippen LogP contribution in [0.5, 0.6) is 0 Å². The van der Waals surface area contributed by atoms with Crippen LogP contribution in [0.2, 0.25) is 0 Å². The molecule has 0 saturated carbocycles. The summed E-state index contributed by atoms with van der Waals surface area (Å²) in [6.45, 7) is 3.36. The number of hydrogen-bond donors (Lipinski definition) is 3. The summed E-state index contributed by atoms with van der Waals surface area (Å²) >= 11 is 0. The molecule has 0 aromatic carbocycles. The third-order valence-electron chi connectivity index (χ3n) is 1.77. The first-order valence-corrected chi connectivity index (χ1v) is 4.83. The Morgan fingerprint density at radius 1 is 1.50 bits per heavy atom. The third-order valence-corrected chi connectivity index (χ3v) is 1.77. The molecule has 3 N–H and O–H groups in total. The molecule has 14 heavy (non-hydrogen) atoms. The van der Waals surface area contributed by atoms with E-state index < -0.39 is 0 Å². The molecule has 2 amide bonds. The van der Waals surface area contributed by atoms with E-state index in [1.165, 1.54) is 0 Å². The Kier molecular flexibility index (Phi) is 4.54. The molecule has 5 heteroatoms. The zero-order valence-electron chi connectivity index (χ0n) is 8.34. The zero-order valence-corrected chi connectivity index (χ0v) is 8.34. The van der Waals surface area contributed by atoms with Crippen LogP contribution in [0.25, 0.3) is 0 Å². The lowest BCUT2D eigenvalue weighted by Crippen LogP contribution is -2.36. The van der Waals surface area contributed by atoms with Crippen molar-refractivity contribution in [3.63, 3.8) is 0 Å². The number of urea groups is 1. The molecule has 0 fully saturated rings. The zero-order chi connectivity index (χ0) is 10.2. The van der Waals surface area contributed by atoms with Crippen LogP contribution < -0.4 is 10.6 Å². The molecule has 1 aromatic heterocycles. The van der Waals surface area contributed by atoms with E-state index in [0.29, 0.717) is 6.54 Å². The predicted octanol–water partition coefficient (Wildman–Crippen LogP) is 0.661. The number of carbonyl (C=O) groups excluding carboxylic acids is 1. The van der Waals surface area contributed by atoms with Crippen LogP contribution in [-0.2, 0) is 6.42 Å². The molecular weight excluding hydrogens is 180 g/mol. The monoisotopic (exact) mass is 196 g/mol. The van der Waals surface area contributed by atoms with Gasteiger partial charge in [0.1, 0.15) is 0 Å². The molecule has 0 radical (unpaired) electrons. The first kappa shape index (κ1) is 10.6. The van der Waals surface area contributed by atoms with E-state index in [1.807, 2.05) is 13.0 Å². The Hall–Kier alpha value is -1.52. The number of hydrogen-bond acceptors (Lipinski definition) is 2. The Bertz CT molecular complexity index is 258. The van der Waals surface area contributed by atoms with Gasteiger partial charge in [-0.2, -0.15) is 5.10 Å². The first-order chi connectivity index (χ1) is 6.83. The molecule has 78 valence electrons. The number of amides is 2. The molecule has 1 heterocycles. The van der Waals surface area contributed by atoms with Gasteiger partial charge in [-0.25, -0.2) is 4.79 Å². The Labute approximate surface area is 83.3 Å². The highest BCUT2D eigenvalue weighted by molar-refractivity contribution is 5.73. The van der Waals surface area contributed by atoms with E-state index in [9.17, 15) is 4.79 Å². The van der Waals surface area contributed by atoms with Gasteiger partial charge in [0, 0.05) is 31.4 Å². The minimum Gasteiger partial charge on any atom is -0.338 e. The van der Waals surface area contributed by atoms with Crippen molar-refractivity contribution in [3.05, 3.63) is 18.0 Å². The third kappa shape index (κ3) is 3.93. The minimum absolute atomic E-state index is 0.105. The molecule has 0 saturated heterocycles. The molecule has 0 aliphatic rings. The van der Waals surface area contributed by atoms with Crippen molar-refractivity contribution in [1.29, 1.82) is 0 Å². The standard InChI is InChI=1S/C9H16N4O/c1-2-5-10-9(14)11-6-3-8-4-7-12-13-8/h4,7H,2-3,5-6H2,1H3,(H,12,13)(H2,10,11,14). The Balaban J connectivity index is 2.06. The Morgan fingerprint density at radius 3 is 2.93 bits per heavy atom. The number of nitrogens with one attached hydrogen (secondary N) is 3. The van der Waals surface area contributed by atoms with E-state index >= 15 is 0 Å². The summed E-state index contributed by atoms with van der Waals surface area (Å²) in [6, 6.07) is 1.79. The first-order valence-electron chi connectivity index (χ1n) is 4.83. The highest BCUT2D eigenvalue weighted by atomic mass is 16.2. The van der Waals surface area contributed by atoms with Crippen molar-refractivity contribution in [1.82, 2.24) is 20.8 Å². The van der Waals surface area contributed by atoms with Crippen LogP contribution in [0.15, 0.2) is 12.3 Å². The average Bonchev–Trinajstić information content (AvgIpc) is 2.67. The van der Waals surface area contributed by atoms with E-state index in [-0.39, 0.29) is 6.03 Å². The number of rotatable bonds is 5. The topological polar surface area (TPSA) is 69.8 Å². The van der Waals surface area contributed by atoms with Crippen molar-refractivity contribution < 1.29 is 4.79 Å². The maximum absolute atomic E-state index is 11.1. The lowest BCUT2D eigenvalue weighted by Gasteiger charge is -2.05. The van der Waals surface area contributed by atoms with Crippen LogP contribution in [0.1, 0.15) is 19.0 Å². The van der Waals surface area contributed by atoms with Crippen LogP contribution in [-0.4, -0.2) is 29.3 Å². The number of H-pyrrole nitrogens is 1. The van der Waals surface area contributed by atoms with Gasteiger partial charge in [-0.1, -0.05) is 6.92 Å². The van der Waals surface area contributed by atoms with Gasteiger partial charge in [0.05, 0.1) is 0 Å². The molecule has 0 unspecified atom stereocenters. The van der Waals surface area contributed by atoms with Crippen LogP contribution in [0.4, 0.5) is 4.79 Å². The van der Waals surface area contributed by atoms with Gasteiger partial charge in [0.15, 0.2) is 0 Å². The number of aromatic amines is 1. The molecule has 0 aliphatic heterocycles. The maximum Gasteiger partial charge on any atom is 0.314 e. The van der Waals surface area contributed by atoms with E-state index in [2.05, 4.69) is 20.8 Å². The summed E-state index contributed by atoms with van der Waals surface area (Å²) in [4.78, 5) is 11.1. The van der Waals surface area contributed by atoms with Gasteiger partial charge in [-0.3, -0.25) is 5.10 Å². The lowest BCUT2D eigenvalue weighted by molar-refractivity contribution is 0.241. The Morgan fingerprint density at radius 2 is 2.29 bits per heavy atom. The van der Waals surface area contributed by atoms with E-state index in [0.717, 1.165) is 25.1 Å². The fraction of sp³-hybridized carbons (Fsp3) is 0.556. The van der Waals surface area contributed by atoms with Gasteiger partial charge in [-0.15, -0.1) is 0 Å². The van der Waals surface area contributed by atoms with Crippen molar-refractivity contribution >= 4 is 6.03 Å². The highest BCUT2D eigenvalue weighted by Gasteiger charge is 1.98. The van der Waals surface area contributed by atoms with Crippen molar-refractivity contribution in [3.8, 4) is 0 Å². The van der Waals surface area contributed by atoms with Gasteiger partial charge in [0.2, 0.25) is 0 Å². The van der Waals surface area contributed by atoms with E-state index in [1.54, 1.807) is 6.20 Å². The fourth-order valence-corrected chi connectivity index (χ4v) is 1.04. The summed E-state index contributed by atoms with van der Waals surface area (Å²) < 4.78 is 0. The quantitative estimate of drug-likeness (QED) is 0.647. The molecule has 1 aromatic rings. The van der Waals surface area contributed by atoms with Crippen LogP contribution in [0, 0.1) is 0 Å². The number of aromatic nitrogens is 2. The lowest BCUT2D eigenvalue weighted by atomic mass is 10.3. The van der Waals surface area contributed by atoms with E-state index in [4.69, 9.17) is 0 Å². The van der Waals surface area contributed by atoms with Crippen LogP contribution in [0.3, 0.4) is 0 Å². The van der Waals surface area contributed by atoms with Crippen molar-refractivity contribution in [2.45, 2.75) is 19.8 Å². The average molecular weight is 196 g/mol. The second-order valence-corrected chi connectivity index (χ2v) is 3.01. The normalized spacial score (nSPS) is 9.79. The van der Waals surface area contributed by atoms with Crippen molar-refractivity contribution in [2.24, 2.45) is 0 Å². The summed E-state index contributed by atoms with van der Waals surface area (Å²) in [6.07, 6.45) is 3.43. The van der Waals surface area contributed by atoms with Crippen molar-refractivity contribution in [2.75, 3.05) is 13.1 Å². The molecule has 0 atom stereocenters. The SMILES string of the molecule is CCCNC(=O)NCCc1ccn[nH]1. The van der Waals surface area contributed by atoms with Gasteiger partial charge >= 0.3 is 6.03 Å². The number of carbonyl (C=O) groups is 1. The van der Waals surface area contributed by atoms with Crippen LogP contribution >= 0.6 is 0 Å². The molecule has 0 bridgehead atoms. The highest BCUT2D eigenvalue weighted by Crippen LogP contribution is 1.90. The smallest absolute Gasteiger partial charge is 0.314 e. The molecular formula is C9H16N4O. The molecule has 0 spiro atoms. The maximum atomic E-state index is 11.1. The van der Waals surface area contributed by atoms with Gasteiger partial charge in [-0.05, 0) is 12.5 Å². The van der Waals surface area contributed by atoms with Gasteiger partial charge in [0.25, 0.3) is 0 Å². The number of nitrogens with zero attached hydrogens (tertiary/aromatic N) is 1. The summed E-state index contributed by atoms with van der Waals surface area (Å²) in [5, 5.41) is 12.1. The minimum atomic E-state index is -0.105. The fourth-order valence-electron chi connectivity index (χ4n) is 1.04.